The summed E-state index contributed by atoms with van der Waals surface area (Å²) in [7, 11) is -1.61. The van der Waals surface area contributed by atoms with Gasteiger partial charge in [0, 0.05) is 32.7 Å². The third kappa shape index (κ3) is 6.23. The fourth-order valence-corrected chi connectivity index (χ4v) is 5.51. The SMILES string of the molecule is C[Si](C)=[O+][Si](C)(C)C. The van der Waals surface area contributed by atoms with E-state index in [9.17, 15) is 0 Å². The first kappa shape index (κ1) is 8.23. The highest BCUT2D eigenvalue weighted by Gasteiger charge is 2.26. The summed E-state index contributed by atoms with van der Waals surface area (Å²) in [5, 5.41) is 0. The van der Waals surface area contributed by atoms with Gasteiger partial charge in [-0.1, -0.05) is 0 Å². The number of hydrogen-bond donors (Lipinski definition) is 0. The number of rotatable bonds is 1. The zero-order valence-corrected chi connectivity index (χ0v) is 8.41. The average molecular weight is 147 g/mol. The van der Waals surface area contributed by atoms with Crippen molar-refractivity contribution < 1.29 is 3.78 Å². The Labute approximate surface area is 54.2 Å². The minimum atomic E-state index is -1.18. The van der Waals surface area contributed by atoms with E-state index in [0.29, 0.717) is 0 Å². The van der Waals surface area contributed by atoms with E-state index in [1.54, 1.807) is 0 Å². The molecule has 0 radical (unpaired) electrons. The van der Waals surface area contributed by atoms with Gasteiger partial charge in [-0.3, -0.25) is 0 Å². The first-order valence-electron chi connectivity index (χ1n) is 2.91. The molecule has 48 valence electrons. The van der Waals surface area contributed by atoms with Crippen molar-refractivity contribution in [3.05, 3.63) is 0 Å². The van der Waals surface area contributed by atoms with E-state index in [2.05, 4.69) is 32.7 Å². The maximum Gasteiger partial charge on any atom is 0.478 e. The van der Waals surface area contributed by atoms with Crippen LogP contribution in [0.3, 0.4) is 0 Å². The van der Waals surface area contributed by atoms with E-state index in [-0.39, 0.29) is 0 Å². The molecule has 1 nitrogen and oxygen atoms in total. The van der Waals surface area contributed by atoms with E-state index in [0.717, 1.165) is 0 Å². The van der Waals surface area contributed by atoms with Crippen molar-refractivity contribution in [2.75, 3.05) is 0 Å². The van der Waals surface area contributed by atoms with Crippen molar-refractivity contribution >= 4 is 17.0 Å². The van der Waals surface area contributed by atoms with Crippen molar-refractivity contribution in [3.8, 4) is 0 Å². The molecule has 0 unspecified atom stereocenters. The first-order valence-corrected chi connectivity index (χ1v) is 8.72. The van der Waals surface area contributed by atoms with Crippen LogP contribution in [0.1, 0.15) is 0 Å². The van der Waals surface area contributed by atoms with Gasteiger partial charge in [0.05, 0.1) is 0 Å². The predicted molar refractivity (Wildman–Crippen MR) is 41.5 cm³/mol. The summed E-state index contributed by atoms with van der Waals surface area (Å²) < 4.78 is 5.68. The molecule has 0 aromatic heterocycles. The lowest BCUT2D eigenvalue weighted by atomic mass is 11.8. The average Bonchev–Trinajstić information content (AvgIpc) is 1.21. The molecule has 0 saturated heterocycles. The van der Waals surface area contributed by atoms with Crippen LogP contribution >= 0.6 is 0 Å². The van der Waals surface area contributed by atoms with Crippen LogP contribution in [0, 0.1) is 0 Å². The lowest BCUT2D eigenvalue weighted by Gasteiger charge is -1.95. The van der Waals surface area contributed by atoms with Gasteiger partial charge in [0.15, 0.2) is 0 Å². The summed E-state index contributed by atoms with van der Waals surface area (Å²) in [6.45, 7) is 11.0. The van der Waals surface area contributed by atoms with Crippen molar-refractivity contribution in [1.82, 2.24) is 0 Å². The molecule has 0 amide bonds. The van der Waals surface area contributed by atoms with Crippen LogP contribution in [-0.4, -0.2) is 17.0 Å². The van der Waals surface area contributed by atoms with Gasteiger partial charge in [-0.05, 0) is 0 Å². The van der Waals surface area contributed by atoms with Gasteiger partial charge in [0.25, 0.3) is 0 Å². The molecule has 0 saturated carbocycles. The molecule has 0 aromatic rings. The molecule has 3 heteroatoms. The van der Waals surface area contributed by atoms with E-state index in [1.165, 1.54) is 0 Å². The van der Waals surface area contributed by atoms with Crippen molar-refractivity contribution in [3.63, 3.8) is 0 Å². The Hall–Kier alpha value is 0.234. The monoisotopic (exact) mass is 147 g/mol. The molecule has 8 heavy (non-hydrogen) atoms. The fourth-order valence-electron chi connectivity index (χ4n) is 0.612. The van der Waals surface area contributed by atoms with Gasteiger partial charge in [-0.15, -0.1) is 0 Å². The Bertz CT molecular complexity index is 97.5. The largest absolute Gasteiger partial charge is 0.506 e. The first-order chi connectivity index (χ1) is 3.42. The van der Waals surface area contributed by atoms with Crippen molar-refractivity contribution in [2.45, 2.75) is 32.7 Å². The zero-order chi connectivity index (χ0) is 6.78. The minimum Gasteiger partial charge on any atom is -0.506 e. The molecule has 0 rings (SSSR count). The van der Waals surface area contributed by atoms with Crippen LogP contribution in [0.2, 0.25) is 32.7 Å². The molecule has 0 heterocycles. The third-order valence-corrected chi connectivity index (χ3v) is 4.59. The quantitative estimate of drug-likeness (QED) is 0.397. The van der Waals surface area contributed by atoms with Gasteiger partial charge in [0.2, 0.25) is 0 Å². The molecule has 0 atom stereocenters. The summed E-state index contributed by atoms with van der Waals surface area (Å²) in [5.41, 5.74) is 0. The summed E-state index contributed by atoms with van der Waals surface area (Å²) in [6, 6.07) is 0. The molecule has 0 spiro atoms. The second-order valence-corrected chi connectivity index (χ2v) is 9.98. The smallest absolute Gasteiger partial charge is 0.478 e. The zero-order valence-electron chi connectivity index (χ0n) is 6.41. The molecule has 0 N–H and O–H groups in total. The topological polar surface area (TPSA) is 11.3 Å². The third-order valence-electron chi connectivity index (χ3n) is 0.510. The summed E-state index contributed by atoms with van der Waals surface area (Å²) >= 11 is 0. The van der Waals surface area contributed by atoms with Gasteiger partial charge in [-0.25, -0.2) is 0 Å². The van der Waals surface area contributed by atoms with Crippen LogP contribution in [0.25, 0.3) is 0 Å². The second kappa shape index (κ2) is 2.68. The Morgan fingerprint density at radius 2 is 1.50 bits per heavy atom. The Kier molecular flexibility index (Phi) is 2.76. The summed E-state index contributed by atoms with van der Waals surface area (Å²) in [5.74, 6) is 0. The minimum absolute atomic E-state index is 0.430. The highest BCUT2D eigenvalue weighted by atomic mass is 28.4. The standard InChI is InChI=1S/C5H15OSi2/c1-7(2)6-8(3,4)5/h1-5H3/q+1. The van der Waals surface area contributed by atoms with Crippen LogP contribution < -0.4 is 0 Å². The Morgan fingerprint density at radius 1 is 1.12 bits per heavy atom. The predicted octanol–water partition coefficient (Wildman–Crippen LogP) is 2.04. The fraction of sp³-hybridized carbons (Fsp3) is 1.00. The summed E-state index contributed by atoms with van der Waals surface area (Å²) in [6.07, 6.45) is 0. The lowest BCUT2D eigenvalue weighted by Crippen LogP contribution is -2.23. The van der Waals surface area contributed by atoms with E-state index < -0.39 is 17.0 Å². The van der Waals surface area contributed by atoms with E-state index in [4.69, 9.17) is 3.78 Å². The number of hydrogen-bond acceptors (Lipinski definition) is 0. The maximum absolute atomic E-state index is 5.68. The van der Waals surface area contributed by atoms with E-state index in [1.807, 2.05) is 0 Å². The van der Waals surface area contributed by atoms with Gasteiger partial charge >= 0.3 is 17.0 Å². The molecule has 0 aliphatic carbocycles. The summed E-state index contributed by atoms with van der Waals surface area (Å²) in [4.78, 5) is 0. The van der Waals surface area contributed by atoms with Gasteiger partial charge in [-0.2, -0.15) is 0 Å². The molecule has 0 aliphatic rings. The molecule has 0 fully saturated rings. The Morgan fingerprint density at radius 3 is 1.50 bits per heavy atom. The highest BCUT2D eigenvalue weighted by molar-refractivity contribution is 6.71. The normalized spacial score (nSPS) is 11.1. The van der Waals surface area contributed by atoms with Gasteiger partial charge < -0.3 is 3.78 Å². The molecule has 0 aliphatic heterocycles. The Balaban J connectivity index is 3.89. The second-order valence-electron chi connectivity index (χ2n) is 3.12. The van der Waals surface area contributed by atoms with Crippen LogP contribution in [0.4, 0.5) is 0 Å². The molecule has 0 aromatic carbocycles. The molecular weight excluding hydrogens is 132 g/mol. The van der Waals surface area contributed by atoms with Crippen LogP contribution in [0.15, 0.2) is 0 Å². The maximum atomic E-state index is 5.68. The molecular formula is C5H15OSi2+. The lowest BCUT2D eigenvalue weighted by molar-refractivity contribution is 0.337. The van der Waals surface area contributed by atoms with Crippen LogP contribution in [-0.2, 0) is 3.78 Å². The van der Waals surface area contributed by atoms with E-state index >= 15 is 0 Å². The van der Waals surface area contributed by atoms with Gasteiger partial charge in [0.1, 0.15) is 0 Å². The van der Waals surface area contributed by atoms with Crippen molar-refractivity contribution in [1.29, 1.82) is 0 Å². The van der Waals surface area contributed by atoms with Crippen molar-refractivity contribution in [2.24, 2.45) is 0 Å². The molecule has 0 bridgehead atoms. The highest BCUT2D eigenvalue weighted by Crippen LogP contribution is 1.96. The van der Waals surface area contributed by atoms with Crippen LogP contribution in [0.5, 0.6) is 0 Å².